The Bertz CT molecular complexity index is 1170. The molecule has 3 aromatic heterocycles. The van der Waals surface area contributed by atoms with Gasteiger partial charge in [0, 0.05) is 11.6 Å². The van der Waals surface area contributed by atoms with Crippen LogP contribution in [-0.2, 0) is 0 Å². The summed E-state index contributed by atoms with van der Waals surface area (Å²) < 4.78 is 22.5. The van der Waals surface area contributed by atoms with Crippen LogP contribution in [0.1, 0.15) is 18.4 Å². The maximum Gasteiger partial charge on any atom is 0.187 e. The number of nitrogens with one attached hydrogen (secondary N) is 1. The highest BCUT2D eigenvalue weighted by molar-refractivity contribution is 5.86. The summed E-state index contributed by atoms with van der Waals surface area (Å²) in [5.41, 5.74) is 3.30. The molecule has 148 valence electrons. The van der Waals surface area contributed by atoms with Crippen LogP contribution in [0.15, 0.2) is 48.7 Å². The molecule has 1 N–H and O–H groups in total. The van der Waals surface area contributed by atoms with Crippen molar-refractivity contribution in [2.75, 3.05) is 13.1 Å². The molecule has 2 atom stereocenters. The van der Waals surface area contributed by atoms with Crippen molar-refractivity contribution in [1.82, 2.24) is 24.9 Å². The number of fused-ring (bicyclic) bond motifs is 2. The number of rotatable bonds is 3. The third-order valence-electron chi connectivity index (χ3n) is 5.36. The Labute approximate surface area is 167 Å². The first-order valence-electron chi connectivity index (χ1n) is 9.92. The fraction of sp³-hybridized carbons (Fsp3) is 0.318. The van der Waals surface area contributed by atoms with Crippen molar-refractivity contribution in [3.8, 4) is 17.3 Å². The van der Waals surface area contributed by atoms with Crippen LogP contribution in [0.2, 0.25) is 0 Å². The summed E-state index contributed by atoms with van der Waals surface area (Å²) in [6.45, 7) is 3.45. The molecular formula is C22H22FN5O. The molecule has 4 aromatic rings. The maximum atomic E-state index is 14.5. The average molecular weight is 391 g/mol. The number of aryl methyl sites for hydroxylation is 1. The molecule has 0 radical (unpaired) electrons. The van der Waals surface area contributed by atoms with Crippen molar-refractivity contribution in [2.45, 2.75) is 32.0 Å². The highest BCUT2D eigenvalue weighted by Gasteiger charge is 2.25. The number of hydrogen-bond acceptors (Lipinski definition) is 5. The summed E-state index contributed by atoms with van der Waals surface area (Å²) in [5, 5.41) is 12.8. The highest BCUT2D eigenvalue weighted by atomic mass is 19.1. The van der Waals surface area contributed by atoms with Gasteiger partial charge in [0.05, 0.1) is 0 Å². The molecule has 1 aliphatic heterocycles. The van der Waals surface area contributed by atoms with E-state index in [4.69, 9.17) is 9.72 Å². The van der Waals surface area contributed by atoms with Gasteiger partial charge in [0.25, 0.3) is 0 Å². The van der Waals surface area contributed by atoms with Crippen LogP contribution in [-0.4, -0.2) is 44.9 Å². The second-order valence-corrected chi connectivity index (χ2v) is 7.48. The molecule has 0 saturated carbocycles. The second-order valence-electron chi connectivity index (χ2n) is 7.48. The third kappa shape index (κ3) is 3.42. The lowest BCUT2D eigenvalue weighted by atomic mass is 10.1. The highest BCUT2D eigenvalue weighted by Crippen LogP contribution is 2.29. The Kier molecular flexibility index (Phi) is 4.60. The SMILES string of the molecule is Cc1ccn2c(-c3ccc4cccc(O[C@H]5CCNCC[C@H]5F)c4n3)nnc2c1. The predicted molar refractivity (Wildman–Crippen MR) is 110 cm³/mol. The molecule has 0 spiro atoms. The van der Waals surface area contributed by atoms with Crippen LogP contribution < -0.4 is 10.1 Å². The van der Waals surface area contributed by atoms with Crippen LogP contribution >= 0.6 is 0 Å². The summed E-state index contributed by atoms with van der Waals surface area (Å²) in [5.74, 6) is 1.27. The number of para-hydroxylation sites is 1. The van der Waals surface area contributed by atoms with Gasteiger partial charge in [-0.05, 0) is 62.7 Å². The number of hydrogen-bond donors (Lipinski definition) is 1. The second kappa shape index (κ2) is 7.40. The van der Waals surface area contributed by atoms with E-state index in [9.17, 15) is 4.39 Å². The maximum absolute atomic E-state index is 14.5. The van der Waals surface area contributed by atoms with Crippen molar-refractivity contribution in [2.24, 2.45) is 0 Å². The molecule has 0 aliphatic carbocycles. The van der Waals surface area contributed by atoms with Crippen molar-refractivity contribution in [1.29, 1.82) is 0 Å². The first kappa shape index (κ1) is 18.0. The van der Waals surface area contributed by atoms with Gasteiger partial charge in [0.1, 0.15) is 29.2 Å². The van der Waals surface area contributed by atoms with E-state index < -0.39 is 12.3 Å². The molecule has 0 bridgehead atoms. The molecule has 0 amide bonds. The number of nitrogens with zero attached hydrogens (tertiary/aromatic N) is 4. The van der Waals surface area contributed by atoms with E-state index >= 15 is 0 Å². The fourth-order valence-corrected chi connectivity index (χ4v) is 3.78. The van der Waals surface area contributed by atoms with Gasteiger partial charge in [-0.15, -0.1) is 10.2 Å². The van der Waals surface area contributed by atoms with E-state index in [-0.39, 0.29) is 0 Å². The van der Waals surface area contributed by atoms with Crippen LogP contribution in [0.25, 0.3) is 28.1 Å². The van der Waals surface area contributed by atoms with Crippen LogP contribution in [0.4, 0.5) is 4.39 Å². The molecule has 1 aromatic carbocycles. The molecule has 1 saturated heterocycles. The quantitative estimate of drug-likeness (QED) is 0.577. The molecule has 6 nitrogen and oxygen atoms in total. The zero-order chi connectivity index (χ0) is 19.8. The lowest BCUT2D eigenvalue weighted by Crippen LogP contribution is -2.28. The van der Waals surface area contributed by atoms with Crippen molar-refractivity contribution >= 4 is 16.6 Å². The largest absolute Gasteiger partial charge is 0.485 e. The normalized spacial score (nSPS) is 20.1. The molecule has 5 rings (SSSR count). The molecule has 7 heteroatoms. The Hall–Kier alpha value is -3.06. The first-order chi connectivity index (χ1) is 14.2. The van der Waals surface area contributed by atoms with Crippen molar-refractivity contribution < 1.29 is 9.13 Å². The van der Waals surface area contributed by atoms with Crippen LogP contribution in [0.3, 0.4) is 0 Å². The monoisotopic (exact) mass is 391 g/mol. The van der Waals surface area contributed by atoms with Crippen LogP contribution in [0.5, 0.6) is 5.75 Å². The van der Waals surface area contributed by atoms with Gasteiger partial charge in [-0.2, -0.15) is 0 Å². The van der Waals surface area contributed by atoms with Gasteiger partial charge >= 0.3 is 0 Å². The molecular weight excluding hydrogens is 369 g/mol. The fourth-order valence-electron chi connectivity index (χ4n) is 3.78. The molecule has 29 heavy (non-hydrogen) atoms. The number of halogens is 1. The number of aromatic nitrogens is 4. The van der Waals surface area contributed by atoms with Gasteiger partial charge in [0.15, 0.2) is 11.5 Å². The Morgan fingerprint density at radius 3 is 2.93 bits per heavy atom. The first-order valence-corrected chi connectivity index (χ1v) is 9.92. The summed E-state index contributed by atoms with van der Waals surface area (Å²) in [4.78, 5) is 4.82. The van der Waals surface area contributed by atoms with E-state index in [1.165, 1.54) is 0 Å². The van der Waals surface area contributed by atoms with Gasteiger partial charge in [-0.25, -0.2) is 9.37 Å². The van der Waals surface area contributed by atoms with E-state index in [2.05, 4.69) is 15.5 Å². The van der Waals surface area contributed by atoms with E-state index in [0.29, 0.717) is 42.2 Å². The molecule has 1 fully saturated rings. The Morgan fingerprint density at radius 1 is 1.10 bits per heavy atom. The number of pyridine rings is 2. The van der Waals surface area contributed by atoms with Gasteiger partial charge < -0.3 is 10.1 Å². The Balaban J connectivity index is 1.56. The summed E-state index contributed by atoms with van der Waals surface area (Å²) in [6, 6.07) is 13.7. The third-order valence-corrected chi connectivity index (χ3v) is 5.36. The van der Waals surface area contributed by atoms with E-state index in [0.717, 1.165) is 23.1 Å². The lowest BCUT2D eigenvalue weighted by Gasteiger charge is -2.21. The average Bonchev–Trinajstić information content (AvgIpc) is 3.04. The smallest absolute Gasteiger partial charge is 0.187 e. The number of benzene rings is 1. The van der Waals surface area contributed by atoms with Gasteiger partial charge in [-0.1, -0.05) is 18.2 Å². The van der Waals surface area contributed by atoms with Gasteiger partial charge in [-0.3, -0.25) is 4.40 Å². The van der Waals surface area contributed by atoms with E-state index in [1.807, 2.05) is 60.0 Å². The van der Waals surface area contributed by atoms with Crippen molar-refractivity contribution in [3.63, 3.8) is 0 Å². The summed E-state index contributed by atoms with van der Waals surface area (Å²) >= 11 is 0. The Morgan fingerprint density at radius 2 is 2.00 bits per heavy atom. The zero-order valence-corrected chi connectivity index (χ0v) is 16.2. The standard InChI is InChI=1S/C22H22FN5O/c1-14-9-12-28-20(13-14)26-27-22(28)17-6-5-15-3-2-4-19(21(15)25-17)29-18-8-11-24-10-7-16(18)23/h2-6,9,12-13,16,18,24H,7-8,10-11H2,1H3/t16-,18+/m1/s1. The number of alkyl halides is 1. The molecule has 0 unspecified atom stereocenters. The predicted octanol–water partition coefficient (Wildman–Crippen LogP) is 3.72. The molecule has 4 heterocycles. The number of ether oxygens (including phenoxy) is 1. The molecule has 1 aliphatic rings. The van der Waals surface area contributed by atoms with Gasteiger partial charge in [0.2, 0.25) is 0 Å². The minimum atomic E-state index is -0.993. The minimum Gasteiger partial charge on any atom is -0.485 e. The lowest BCUT2D eigenvalue weighted by molar-refractivity contribution is 0.0983. The minimum absolute atomic E-state index is 0.458. The summed E-state index contributed by atoms with van der Waals surface area (Å²) in [7, 11) is 0. The summed E-state index contributed by atoms with van der Waals surface area (Å²) in [6.07, 6.45) is 1.57. The zero-order valence-electron chi connectivity index (χ0n) is 16.2. The van der Waals surface area contributed by atoms with Crippen LogP contribution in [0, 0.1) is 6.92 Å². The topological polar surface area (TPSA) is 64.3 Å². The van der Waals surface area contributed by atoms with Crippen molar-refractivity contribution in [3.05, 3.63) is 54.2 Å². The van der Waals surface area contributed by atoms with E-state index in [1.54, 1.807) is 0 Å².